The highest BCUT2D eigenvalue weighted by Gasteiger charge is 2.42. The number of rotatable bonds is 4. The smallest absolute Gasteiger partial charge is 0.264 e. The number of nitrogens with zero attached hydrogens (tertiary/aromatic N) is 6. The Kier molecular flexibility index (Phi) is 4.83. The molecule has 6 heterocycles. The lowest BCUT2D eigenvalue weighted by Gasteiger charge is -2.37. The zero-order chi connectivity index (χ0) is 21.8. The molecular weight excluding hydrogens is 420 g/mol. The van der Waals surface area contributed by atoms with Crippen molar-refractivity contribution < 1.29 is 18.3 Å². The number of anilines is 3. The molecule has 4 fully saturated rings. The first-order valence-corrected chi connectivity index (χ1v) is 11.1. The summed E-state index contributed by atoms with van der Waals surface area (Å²) in [5, 5.41) is 0. The molecule has 2 aromatic heterocycles. The fourth-order valence-electron chi connectivity index (χ4n) is 5.47. The number of ether oxygens (including phenoxy) is 2. The van der Waals surface area contributed by atoms with E-state index < -0.39 is 6.43 Å². The molecule has 0 amide bonds. The van der Waals surface area contributed by atoms with Gasteiger partial charge in [-0.25, -0.2) is 13.8 Å². The number of nitrogen functional groups attached to an aromatic ring is 1. The third-order valence-electron chi connectivity index (χ3n) is 6.99. The van der Waals surface area contributed by atoms with Gasteiger partial charge in [-0.15, -0.1) is 0 Å². The highest BCUT2D eigenvalue weighted by molar-refractivity contribution is 5.64. The first kappa shape index (κ1) is 20.0. The maximum absolute atomic E-state index is 13.9. The average Bonchev–Trinajstić information content (AvgIpc) is 3.20. The number of pyridine rings is 1. The number of halogens is 2. The summed E-state index contributed by atoms with van der Waals surface area (Å²) in [4.78, 5) is 22.7. The molecule has 4 atom stereocenters. The lowest BCUT2D eigenvalue weighted by atomic mass is 10.1. The van der Waals surface area contributed by atoms with Crippen LogP contribution in [0, 0.1) is 0 Å². The molecule has 32 heavy (non-hydrogen) atoms. The number of nitrogens with two attached hydrogens (primary N) is 1. The maximum Gasteiger partial charge on any atom is 0.264 e. The van der Waals surface area contributed by atoms with E-state index in [0.29, 0.717) is 38.3 Å². The fourth-order valence-corrected chi connectivity index (χ4v) is 5.47. The van der Waals surface area contributed by atoms with Crippen molar-refractivity contribution in [1.29, 1.82) is 0 Å². The molecular formula is C21H25F2N7O2. The van der Waals surface area contributed by atoms with Crippen LogP contribution in [0.25, 0.3) is 11.4 Å². The van der Waals surface area contributed by atoms with Crippen molar-refractivity contribution in [1.82, 2.24) is 19.9 Å². The average molecular weight is 445 g/mol. The molecule has 4 bridgehead atoms. The van der Waals surface area contributed by atoms with Gasteiger partial charge in [-0.1, -0.05) is 0 Å². The molecule has 6 rings (SSSR count). The van der Waals surface area contributed by atoms with Gasteiger partial charge in [0.05, 0.1) is 50.6 Å². The maximum atomic E-state index is 13.9. The van der Waals surface area contributed by atoms with Crippen LogP contribution in [-0.2, 0) is 9.47 Å². The highest BCUT2D eigenvalue weighted by atomic mass is 19.3. The second kappa shape index (κ2) is 7.73. The summed E-state index contributed by atoms with van der Waals surface area (Å²) in [6.07, 6.45) is 2.59. The van der Waals surface area contributed by atoms with Crippen LogP contribution in [0.15, 0.2) is 12.3 Å². The zero-order valence-electron chi connectivity index (χ0n) is 17.5. The summed E-state index contributed by atoms with van der Waals surface area (Å²) in [5.41, 5.74) is 5.64. The van der Waals surface area contributed by atoms with Crippen LogP contribution in [0.3, 0.4) is 0 Å². The number of morpholine rings is 2. The number of alkyl halides is 2. The van der Waals surface area contributed by atoms with E-state index in [4.69, 9.17) is 20.2 Å². The van der Waals surface area contributed by atoms with Crippen LogP contribution >= 0.6 is 0 Å². The standard InChI is InChI=1S/C21H25F2N7O2/c22-18(23)15-5-17(24)25-6-16(15)19-26-20(29-11-1-2-12(29)8-31-7-11)28-21(27-19)30-13-3-4-14(30)10-32-9-13/h5-6,11-14,18H,1-4,7-10H2,(H2,24,25)/t11-,12+,13-,14+. The van der Waals surface area contributed by atoms with Crippen molar-refractivity contribution in [2.24, 2.45) is 0 Å². The Morgan fingerprint density at radius 3 is 1.81 bits per heavy atom. The quantitative estimate of drug-likeness (QED) is 0.759. The molecule has 0 aliphatic carbocycles. The molecule has 4 aliphatic heterocycles. The summed E-state index contributed by atoms with van der Waals surface area (Å²) in [6.45, 7) is 2.45. The first-order chi connectivity index (χ1) is 15.6. The van der Waals surface area contributed by atoms with Crippen LogP contribution in [0.4, 0.5) is 26.5 Å². The van der Waals surface area contributed by atoms with Gasteiger partial charge >= 0.3 is 0 Å². The van der Waals surface area contributed by atoms with Crippen LogP contribution in [0.5, 0.6) is 0 Å². The lowest BCUT2D eigenvalue weighted by molar-refractivity contribution is 0.0885. The molecule has 0 aromatic carbocycles. The Hall–Kier alpha value is -2.66. The molecule has 0 radical (unpaired) electrons. The SMILES string of the molecule is Nc1cc(C(F)F)c(-c2nc(N3[C@@H]4CC[C@H]3COC4)nc(N3[C@@H]4CC[C@H]3COC4)n2)cn1. The molecule has 0 saturated carbocycles. The first-order valence-electron chi connectivity index (χ1n) is 11.1. The monoisotopic (exact) mass is 445 g/mol. The predicted octanol–water partition coefficient (Wildman–Crippen LogP) is 2.19. The number of hydrogen-bond acceptors (Lipinski definition) is 9. The molecule has 4 aliphatic rings. The number of aromatic nitrogens is 4. The third kappa shape index (κ3) is 3.25. The molecule has 11 heteroatoms. The van der Waals surface area contributed by atoms with Crippen molar-refractivity contribution >= 4 is 17.7 Å². The van der Waals surface area contributed by atoms with Gasteiger partial charge in [-0.3, -0.25) is 0 Å². The van der Waals surface area contributed by atoms with Crippen molar-refractivity contribution in [3.8, 4) is 11.4 Å². The van der Waals surface area contributed by atoms with Crippen LogP contribution < -0.4 is 15.5 Å². The van der Waals surface area contributed by atoms with Crippen molar-refractivity contribution in [2.75, 3.05) is 42.0 Å². The van der Waals surface area contributed by atoms with Gasteiger partial charge in [-0.05, 0) is 31.7 Å². The second-order valence-electron chi connectivity index (χ2n) is 8.92. The van der Waals surface area contributed by atoms with Crippen molar-refractivity contribution in [2.45, 2.75) is 56.3 Å². The summed E-state index contributed by atoms with van der Waals surface area (Å²) in [7, 11) is 0. The van der Waals surface area contributed by atoms with Crippen LogP contribution in [0.2, 0.25) is 0 Å². The number of fused-ring (bicyclic) bond motifs is 4. The van der Waals surface area contributed by atoms with Gasteiger partial charge in [0.15, 0.2) is 5.82 Å². The van der Waals surface area contributed by atoms with E-state index in [1.54, 1.807) is 0 Å². The van der Waals surface area contributed by atoms with E-state index in [-0.39, 0.29) is 46.9 Å². The van der Waals surface area contributed by atoms with Crippen LogP contribution in [-0.4, -0.2) is 70.5 Å². The predicted molar refractivity (Wildman–Crippen MR) is 113 cm³/mol. The van der Waals surface area contributed by atoms with Gasteiger partial charge in [0, 0.05) is 17.3 Å². The van der Waals surface area contributed by atoms with E-state index in [0.717, 1.165) is 25.7 Å². The Bertz CT molecular complexity index is 945. The van der Waals surface area contributed by atoms with E-state index >= 15 is 0 Å². The minimum Gasteiger partial charge on any atom is -0.384 e. The lowest BCUT2D eigenvalue weighted by Crippen LogP contribution is -2.48. The summed E-state index contributed by atoms with van der Waals surface area (Å²) in [6, 6.07) is 1.91. The Morgan fingerprint density at radius 1 is 0.844 bits per heavy atom. The fraction of sp³-hybridized carbons (Fsp3) is 0.619. The van der Waals surface area contributed by atoms with Crippen LogP contribution in [0.1, 0.15) is 37.7 Å². The van der Waals surface area contributed by atoms with Gasteiger partial charge in [0.25, 0.3) is 6.43 Å². The summed E-state index contributed by atoms with van der Waals surface area (Å²) in [5.74, 6) is 1.27. The molecule has 0 spiro atoms. The molecule has 0 unspecified atom stereocenters. The normalized spacial score (nSPS) is 29.2. The van der Waals surface area contributed by atoms with Gasteiger partial charge in [-0.2, -0.15) is 15.0 Å². The van der Waals surface area contributed by atoms with E-state index in [1.807, 2.05) is 0 Å². The molecule has 4 saturated heterocycles. The van der Waals surface area contributed by atoms with Crippen molar-refractivity contribution in [3.63, 3.8) is 0 Å². The summed E-state index contributed by atoms with van der Waals surface area (Å²) >= 11 is 0. The number of hydrogen-bond donors (Lipinski definition) is 1. The highest BCUT2D eigenvalue weighted by Crippen LogP contribution is 2.38. The topological polar surface area (TPSA) is 103 Å². The second-order valence-corrected chi connectivity index (χ2v) is 8.92. The third-order valence-corrected chi connectivity index (χ3v) is 6.99. The molecule has 2 aromatic rings. The minimum atomic E-state index is -2.72. The molecule has 9 nitrogen and oxygen atoms in total. The largest absolute Gasteiger partial charge is 0.384 e. The Balaban J connectivity index is 1.49. The van der Waals surface area contributed by atoms with E-state index in [1.165, 1.54) is 12.3 Å². The van der Waals surface area contributed by atoms with Crippen molar-refractivity contribution in [3.05, 3.63) is 17.8 Å². The zero-order valence-corrected chi connectivity index (χ0v) is 17.5. The van der Waals surface area contributed by atoms with Gasteiger partial charge in [0.2, 0.25) is 11.9 Å². The van der Waals surface area contributed by atoms with Gasteiger partial charge < -0.3 is 25.0 Å². The van der Waals surface area contributed by atoms with Gasteiger partial charge in [0.1, 0.15) is 5.82 Å². The minimum absolute atomic E-state index is 0.0380. The Labute approximate surface area is 184 Å². The molecule has 170 valence electrons. The summed E-state index contributed by atoms with van der Waals surface area (Å²) < 4.78 is 39.2. The molecule has 2 N–H and O–H groups in total. The van der Waals surface area contributed by atoms with E-state index in [9.17, 15) is 8.78 Å². The van der Waals surface area contributed by atoms with E-state index in [2.05, 4.69) is 24.8 Å². The Morgan fingerprint density at radius 2 is 1.34 bits per heavy atom.